The van der Waals surface area contributed by atoms with Gasteiger partial charge >= 0.3 is 0 Å². The molecule has 0 saturated carbocycles. The summed E-state index contributed by atoms with van der Waals surface area (Å²) >= 11 is 0. The Kier molecular flexibility index (Phi) is 5.61. The first-order valence-corrected chi connectivity index (χ1v) is 9.78. The molecule has 0 aliphatic rings. The van der Waals surface area contributed by atoms with Crippen molar-refractivity contribution in [3.05, 3.63) is 65.9 Å². The third kappa shape index (κ3) is 4.59. The molecule has 1 aromatic heterocycles. The molecule has 3 rings (SSSR count). The molecule has 0 saturated heterocycles. The zero-order valence-electron chi connectivity index (χ0n) is 15.3. The zero-order valence-corrected chi connectivity index (χ0v) is 16.1. The minimum Gasteiger partial charge on any atom is -0.497 e. The van der Waals surface area contributed by atoms with Crippen LogP contribution in [0, 0.1) is 0 Å². The second kappa shape index (κ2) is 8.12. The first kappa shape index (κ1) is 20.0. The Morgan fingerprint density at radius 1 is 1.17 bits per heavy atom. The number of anilines is 1. The van der Waals surface area contributed by atoms with Gasteiger partial charge in [0.1, 0.15) is 17.1 Å². The molecule has 0 aliphatic heterocycles. The average Bonchev–Trinajstić information content (AvgIpc) is 3.09. The van der Waals surface area contributed by atoms with Crippen LogP contribution < -0.4 is 21.0 Å². The fourth-order valence-electron chi connectivity index (χ4n) is 2.43. The summed E-state index contributed by atoms with van der Waals surface area (Å²) in [5.74, 6) is 0.244. The molecule has 11 heteroatoms. The lowest BCUT2D eigenvalue weighted by Gasteiger charge is -2.06. The number of nitrogens with zero attached hydrogens (tertiary/aromatic N) is 3. The molecule has 5 N–H and O–H groups in total. The maximum Gasteiger partial charge on any atom is 0.276 e. The number of nitrogens with two attached hydrogens (primary N) is 2. The number of nitrogens with one attached hydrogen (secondary N) is 1. The molecule has 0 atom stereocenters. The molecule has 0 unspecified atom stereocenters. The number of rotatable bonds is 6. The quantitative estimate of drug-likeness (QED) is 0.402. The predicted molar refractivity (Wildman–Crippen MR) is 107 cm³/mol. The van der Waals surface area contributed by atoms with E-state index in [1.165, 1.54) is 41.4 Å². The Balaban J connectivity index is 1.72. The van der Waals surface area contributed by atoms with Gasteiger partial charge in [0.2, 0.25) is 10.0 Å². The molecule has 0 radical (unpaired) electrons. The fourth-order valence-corrected chi connectivity index (χ4v) is 2.95. The summed E-state index contributed by atoms with van der Waals surface area (Å²) in [5, 5.41) is 13.0. The van der Waals surface area contributed by atoms with Crippen molar-refractivity contribution in [2.75, 3.05) is 12.8 Å². The maximum absolute atomic E-state index is 12.3. The largest absolute Gasteiger partial charge is 0.497 e. The highest BCUT2D eigenvalue weighted by Crippen LogP contribution is 2.18. The molecule has 0 fully saturated rings. The number of ether oxygens (including phenoxy) is 1. The van der Waals surface area contributed by atoms with E-state index in [2.05, 4.69) is 15.6 Å². The van der Waals surface area contributed by atoms with Gasteiger partial charge in [-0.2, -0.15) is 10.2 Å². The van der Waals surface area contributed by atoms with Gasteiger partial charge in [-0.3, -0.25) is 4.79 Å². The number of benzene rings is 2. The van der Waals surface area contributed by atoms with Crippen molar-refractivity contribution in [3.8, 4) is 11.4 Å². The third-order valence-corrected chi connectivity index (χ3v) is 4.89. The summed E-state index contributed by atoms with van der Waals surface area (Å²) < 4.78 is 29.0. The molecule has 0 bridgehead atoms. The molecule has 10 nitrogen and oxygen atoms in total. The number of hydrazone groups is 1. The van der Waals surface area contributed by atoms with Crippen LogP contribution in [0.3, 0.4) is 0 Å². The third-order valence-electron chi connectivity index (χ3n) is 3.96. The van der Waals surface area contributed by atoms with Gasteiger partial charge in [-0.05, 0) is 54.1 Å². The Morgan fingerprint density at radius 3 is 2.41 bits per heavy atom. The lowest BCUT2D eigenvalue weighted by atomic mass is 10.2. The van der Waals surface area contributed by atoms with Crippen molar-refractivity contribution in [2.45, 2.75) is 4.90 Å². The number of aromatic nitrogens is 2. The molecule has 1 heterocycles. The van der Waals surface area contributed by atoms with E-state index >= 15 is 0 Å². The van der Waals surface area contributed by atoms with Crippen molar-refractivity contribution in [2.24, 2.45) is 10.2 Å². The summed E-state index contributed by atoms with van der Waals surface area (Å²) in [4.78, 5) is 12.3. The van der Waals surface area contributed by atoms with Crippen LogP contribution in [0.25, 0.3) is 5.69 Å². The van der Waals surface area contributed by atoms with Crippen molar-refractivity contribution in [1.82, 2.24) is 15.2 Å². The predicted octanol–water partition coefficient (Wildman–Crippen LogP) is 0.874. The van der Waals surface area contributed by atoms with Crippen molar-refractivity contribution >= 4 is 28.0 Å². The lowest BCUT2D eigenvalue weighted by Crippen LogP contribution is -2.19. The molecule has 1 amide bonds. The molecular formula is C18H18N6O4S. The highest BCUT2D eigenvalue weighted by molar-refractivity contribution is 7.89. The number of hydrogen-bond donors (Lipinski definition) is 3. The number of primary sulfonamides is 1. The number of nitrogen functional groups attached to an aromatic ring is 1. The van der Waals surface area contributed by atoms with E-state index < -0.39 is 15.9 Å². The fraction of sp³-hybridized carbons (Fsp3) is 0.0556. The van der Waals surface area contributed by atoms with E-state index in [0.717, 1.165) is 5.56 Å². The Morgan fingerprint density at radius 2 is 1.83 bits per heavy atom. The summed E-state index contributed by atoms with van der Waals surface area (Å²) in [6.45, 7) is 0. The molecule has 0 aliphatic carbocycles. The summed E-state index contributed by atoms with van der Waals surface area (Å²) in [6.07, 6.45) is 2.77. The summed E-state index contributed by atoms with van der Waals surface area (Å²) in [7, 11) is -2.23. The van der Waals surface area contributed by atoms with Crippen molar-refractivity contribution in [3.63, 3.8) is 0 Å². The minimum atomic E-state index is -3.81. The van der Waals surface area contributed by atoms with Crippen LogP contribution >= 0.6 is 0 Å². The van der Waals surface area contributed by atoms with Gasteiger partial charge in [0, 0.05) is 0 Å². The first-order valence-electron chi connectivity index (χ1n) is 8.24. The van der Waals surface area contributed by atoms with E-state index in [4.69, 9.17) is 15.6 Å². The number of carbonyl (C=O) groups excluding carboxylic acids is 1. The number of hydrogen-bond acceptors (Lipinski definition) is 7. The van der Waals surface area contributed by atoms with Gasteiger partial charge in [-0.25, -0.2) is 23.7 Å². The normalized spacial score (nSPS) is 11.5. The summed E-state index contributed by atoms with van der Waals surface area (Å²) in [6, 6.07) is 12.7. The van der Waals surface area contributed by atoms with Crippen LogP contribution in [0.1, 0.15) is 15.9 Å². The highest BCUT2D eigenvalue weighted by Gasteiger charge is 2.16. The van der Waals surface area contributed by atoms with E-state index in [1.54, 1.807) is 31.4 Å². The van der Waals surface area contributed by atoms with Crippen LogP contribution in [0.5, 0.6) is 5.75 Å². The smallest absolute Gasteiger partial charge is 0.276 e. The van der Waals surface area contributed by atoms with Crippen molar-refractivity contribution < 1.29 is 17.9 Å². The molecular weight excluding hydrogens is 396 g/mol. The van der Waals surface area contributed by atoms with Gasteiger partial charge in [-0.15, -0.1) is 0 Å². The number of sulfonamides is 1. The van der Waals surface area contributed by atoms with E-state index in [9.17, 15) is 13.2 Å². The number of methoxy groups -OCH3 is 1. The maximum atomic E-state index is 12.3. The molecule has 3 aromatic rings. The van der Waals surface area contributed by atoms with Crippen LogP contribution in [-0.2, 0) is 10.0 Å². The second-order valence-corrected chi connectivity index (χ2v) is 7.43. The zero-order chi connectivity index (χ0) is 21.0. The standard InChI is InChI=1S/C18H18N6O4S/c1-28-14-6-2-12(3-7-14)10-21-23-18(25)16-11-22-24(17(16)19)13-4-8-15(9-5-13)29(20,26)27/h2-11H,19H2,1H3,(H,23,25)(H2,20,26,27)/b21-10+. The van der Waals surface area contributed by atoms with E-state index in [1.807, 2.05) is 0 Å². The Labute approximate surface area is 166 Å². The van der Waals surface area contributed by atoms with Gasteiger partial charge < -0.3 is 10.5 Å². The van der Waals surface area contributed by atoms with Gasteiger partial charge in [-0.1, -0.05) is 0 Å². The van der Waals surface area contributed by atoms with Gasteiger partial charge in [0.15, 0.2) is 0 Å². The van der Waals surface area contributed by atoms with Gasteiger partial charge in [0.25, 0.3) is 5.91 Å². The number of carbonyl (C=O) groups is 1. The number of amides is 1. The van der Waals surface area contributed by atoms with Crippen molar-refractivity contribution in [1.29, 1.82) is 0 Å². The lowest BCUT2D eigenvalue weighted by molar-refractivity contribution is 0.0956. The molecule has 150 valence electrons. The minimum absolute atomic E-state index is 0.0437. The SMILES string of the molecule is COc1ccc(/C=N/NC(=O)c2cnn(-c3ccc(S(N)(=O)=O)cc3)c2N)cc1. The van der Waals surface area contributed by atoms with E-state index in [-0.39, 0.29) is 16.3 Å². The summed E-state index contributed by atoms with van der Waals surface area (Å²) in [5.41, 5.74) is 9.74. The first-order chi connectivity index (χ1) is 13.8. The topological polar surface area (TPSA) is 155 Å². The second-order valence-electron chi connectivity index (χ2n) is 5.87. The van der Waals surface area contributed by atoms with Crippen LogP contribution in [0.4, 0.5) is 5.82 Å². The Hall–Kier alpha value is -3.70. The highest BCUT2D eigenvalue weighted by atomic mass is 32.2. The average molecular weight is 414 g/mol. The van der Waals surface area contributed by atoms with Gasteiger partial charge in [0.05, 0.1) is 30.1 Å². The van der Waals surface area contributed by atoms with Crippen LogP contribution in [0.2, 0.25) is 0 Å². The molecule has 29 heavy (non-hydrogen) atoms. The van der Waals surface area contributed by atoms with Crippen LogP contribution in [0.15, 0.2) is 64.7 Å². The molecule has 0 spiro atoms. The monoisotopic (exact) mass is 414 g/mol. The van der Waals surface area contributed by atoms with E-state index in [0.29, 0.717) is 11.4 Å². The molecule has 2 aromatic carbocycles. The Bertz CT molecular complexity index is 1150. The van der Waals surface area contributed by atoms with Crippen LogP contribution in [-0.4, -0.2) is 37.4 Å².